The SMILES string of the molecule is C[C@@H](C(=O)Nc1ccc2[nH]c(=O)[nH]c2c1)N(C)Cc1ccc(Cl)cc1Cl. The molecule has 136 valence electrons. The molecule has 3 rings (SSSR count). The molecule has 1 aromatic heterocycles. The number of H-pyrrole nitrogens is 2. The lowest BCUT2D eigenvalue weighted by Crippen LogP contribution is -2.39. The average molecular weight is 393 g/mol. The summed E-state index contributed by atoms with van der Waals surface area (Å²) in [5.41, 5.74) is 2.56. The van der Waals surface area contributed by atoms with Gasteiger partial charge in [-0.2, -0.15) is 0 Å². The number of halogens is 2. The number of aromatic nitrogens is 2. The Labute approximate surface area is 160 Å². The van der Waals surface area contributed by atoms with Crippen LogP contribution >= 0.6 is 23.2 Å². The quantitative estimate of drug-likeness (QED) is 0.619. The molecule has 0 unspecified atom stereocenters. The van der Waals surface area contributed by atoms with Crippen molar-refractivity contribution in [1.82, 2.24) is 14.9 Å². The largest absolute Gasteiger partial charge is 0.325 e. The Kier molecular flexibility index (Phi) is 5.36. The highest BCUT2D eigenvalue weighted by Crippen LogP contribution is 2.23. The highest BCUT2D eigenvalue weighted by atomic mass is 35.5. The number of hydrogen-bond donors (Lipinski definition) is 3. The van der Waals surface area contributed by atoms with Crippen LogP contribution in [0, 0.1) is 0 Å². The fourth-order valence-corrected chi connectivity index (χ4v) is 3.08. The van der Waals surface area contributed by atoms with Crippen molar-refractivity contribution >= 4 is 45.8 Å². The van der Waals surface area contributed by atoms with Crippen molar-refractivity contribution in [3.63, 3.8) is 0 Å². The van der Waals surface area contributed by atoms with E-state index >= 15 is 0 Å². The van der Waals surface area contributed by atoms with E-state index < -0.39 is 0 Å². The topological polar surface area (TPSA) is 81.0 Å². The molecule has 0 aliphatic carbocycles. The summed E-state index contributed by atoms with van der Waals surface area (Å²) in [4.78, 5) is 31.1. The van der Waals surface area contributed by atoms with Crippen LogP contribution in [0.4, 0.5) is 5.69 Å². The first-order valence-corrected chi connectivity index (χ1v) is 8.76. The average Bonchev–Trinajstić information content (AvgIpc) is 2.95. The van der Waals surface area contributed by atoms with Gasteiger partial charge in [-0.15, -0.1) is 0 Å². The molecule has 0 saturated carbocycles. The van der Waals surface area contributed by atoms with Gasteiger partial charge < -0.3 is 15.3 Å². The van der Waals surface area contributed by atoms with Gasteiger partial charge in [-0.1, -0.05) is 29.3 Å². The van der Waals surface area contributed by atoms with Crippen LogP contribution in [0.3, 0.4) is 0 Å². The number of likely N-dealkylation sites (N-methyl/N-ethyl adjacent to an activating group) is 1. The smallest absolute Gasteiger partial charge is 0.323 e. The van der Waals surface area contributed by atoms with Crippen LogP contribution in [0.5, 0.6) is 0 Å². The standard InChI is InChI=1S/C18H18Cl2N4O2/c1-10(24(2)9-11-3-4-12(19)7-14(11)20)17(25)21-13-5-6-15-16(8-13)23-18(26)22-15/h3-8,10H,9H2,1-2H3,(H,21,25)(H2,22,23,26)/t10-/m0/s1. The summed E-state index contributed by atoms with van der Waals surface area (Å²) in [6.45, 7) is 2.32. The zero-order valence-corrected chi connectivity index (χ0v) is 15.8. The van der Waals surface area contributed by atoms with Gasteiger partial charge in [-0.3, -0.25) is 9.69 Å². The molecule has 3 aromatic rings. The summed E-state index contributed by atoms with van der Waals surface area (Å²) in [5.74, 6) is -0.158. The Morgan fingerprint density at radius 3 is 2.62 bits per heavy atom. The van der Waals surface area contributed by atoms with Crippen molar-refractivity contribution in [2.75, 3.05) is 12.4 Å². The van der Waals surface area contributed by atoms with Crippen molar-refractivity contribution in [1.29, 1.82) is 0 Å². The van der Waals surface area contributed by atoms with Crippen molar-refractivity contribution in [3.05, 3.63) is 62.5 Å². The Hall–Kier alpha value is -2.28. The minimum atomic E-state index is -0.386. The van der Waals surface area contributed by atoms with Crippen LogP contribution in [0.2, 0.25) is 10.0 Å². The summed E-state index contributed by atoms with van der Waals surface area (Å²) in [5, 5.41) is 4.01. The molecule has 1 amide bonds. The second-order valence-electron chi connectivity index (χ2n) is 6.16. The number of anilines is 1. The second kappa shape index (κ2) is 7.53. The Morgan fingerprint density at radius 1 is 1.15 bits per heavy atom. The molecule has 0 saturated heterocycles. The third kappa shape index (κ3) is 4.09. The third-order valence-electron chi connectivity index (χ3n) is 4.26. The van der Waals surface area contributed by atoms with Crippen LogP contribution in [0.25, 0.3) is 11.0 Å². The molecule has 1 heterocycles. The maximum absolute atomic E-state index is 12.5. The Balaban J connectivity index is 1.68. The van der Waals surface area contributed by atoms with E-state index in [1.54, 1.807) is 30.3 Å². The predicted molar refractivity (Wildman–Crippen MR) is 105 cm³/mol. The van der Waals surface area contributed by atoms with Gasteiger partial charge in [0.2, 0.25) is 5.91 Å². The maximum atomic E-state index is 12.5. The van der Waals surface area contributed by atoms with Crippen LogP contribution in [0.15, 0.2) is 41.2 Å². The lowest BCUT2D eigenvalue weighted by Gasteiger charge is -2.24. The zero-order valence-electron chi connectivity index (χ0n) is 14.3. The minimum Gasteiger partial charge on any atom is -0.325 e. The van der Waals surface area contributed by atoms with Crippen LogP contribution < -0.4 is 11.0 Å². The number of carbonyl (C=O) groups is 1. The first-order chi connectivity index (χ1) is 12.3. The second-order valence-corrected chi connectivity index (χ2v) is 7.00. The third-order valence-corrected chi connectivity index (χ3v) is 4.85. The highest BCUT2D eigenvalue weighted by molar-refractivity contribution is 6.35. The number of hydrogen-bond acceptors (Lipinski definition) is 3. The van der Waals surface area contributed by atoms with Crippen LogP contribution in [-0.4, -0.2) is 33.9 Å². The minimum absolute atomic E-state index is 0.158. The van der Waals surface area contributed by atoms with Crippen molar-refractivity contribution in [2.45, 2.75) is 19.5 Å². The number of benzene rings is 2. The normalized spacial score (nSPS) is 12.5. The molecule has 0 bridgehead atoms. The van der Waals surface area contributed by atoms with Crippen molar-refractivity contribution in [3.8, 4) is 0 Å². The first kappa shape index (κ1) is 18.5. The molecule has 0 aliphatic rings. The molecule has 3 N–H and O–H groups in total. The molecule has 0 radical (unpaired) electrons. The van der Waals surface area contributed by atoms with E-state index in [4.69, 9.17) is 23.2 Å². The number of fused-ring (bicyclic) bond motifs is 1. The Morgan fingerprint density at radius 2 is 1.88 bits per heavy atom. The number of rotatable bonds is 5. The van der Waals surface area contributed by atoms with E-state index in [1.807, 2.05) is 24.9 Å². The number of amides is 1. The van der Waals surface area contributed by atoms with Gasteiger partial charge in [0, 0.05) is 22.3 Å². The summed E-state index contributed by atoms with van der Waals surface area (Å²) in [6.07, 6.45) is 0. The predicted octanol–water partition coefficient (Wildman–Crippen LogP) is 3.62. The molecule has 0 aliphatic heterocycles. The van der Waals surface area contributed by atoms with Crippen LogP contribution in [0.1, 0.15) is 12.5 Å². The molecule has 0 spiro atoms. The number of imidazole rings is 1. The lowest BCUT2D eigenvalue weighted by molar-refractivity contribution is -0.120. The van der Waals surface area contributed by atoms with E-state index in [2.05, 4.69) is 15.3 Å². The van der Waals surface area contributed by atoms with E-state index in [9.17, 15) is 9.59 Å². The highest BCUT2D eigenvalue weighted by Gasteiger charge is 2.19. The van der Waals surface area contributed by atoms with Gasteiger partial charge in [0.05, 0.1) is 17.1 Å². The summed E-state index contributed by atoms with van der Waals surface area (Å²) >= 11 is 12.1. The van der Waals surface area contributed by atoms with Gasteiger partial charge in [-0.05, 0) is 49.9 Å². The number of aromatic amines is 2. The summed E-state index contributed by atoms with van der Waals surface area (Å²) < 4.78 is 0. The van der Waals surface area contributed by atoms with Crippen molar-refractivity contribution in [2.24, 2.45) is 0 Å². The van der Waals surface area contributed by atoms with E-state index in [0.29, 0.717) is 33.3 Å². The lowest BCUT2D eigenvalue weighted by atomic mass is 10.2. The molecular weight excluding hydrogens is 375 g/mol. The Bertz CT molecular complexity index is 1010. The summed E-state index contributed by atoms with van der Waals surface area (Å²) in [7, 11) is 1.85. The number of nitrogens with one attached hydrogen (secondary N) is 3. The molecule has 0 fully saturated rings. The maximum Gasteiger partial charge on any atom is 0.323 e. The van der Waals surface area contributed by atoms with Gasteiger partial charge in [-0.25, -0.2) is 4.79 Å². The van der Waals surface area contributed by atoms with E-state index in [1.165, 1.54) is 0 Å². The molecule has 8 heteroatoms. The molecule has 26 heavy (non-hydrogen) atoms. The van der Waals surface area contributed by atoms with E-state index in [0.717, 1.165) is 5.56 Å². The monoisotopic (exact) mass is 392 g/mol. The van der Waals surface area contributed by atoms with Gasteiger partial charge in [0.1, 0.15) is 0 Å². The number of carbonyl (C=O) groups excluding carboxylic acids is 1. The zero-order chi connectivity index (χ0) is 18.8. The van der Waals surface area contributed by atoms with E-state index in [-0.39, 0.29) is 17.6 Å². The van der Waals surface area contributed by atoms with Gasteiger partial charge in [0.15, 0.2) is 0 Å². The molecular formula is C18H18Cl2N4O2. The van der Waals surface area contributed by atoms with Gasteiger partial charge >= 0.3 is 5.69 Å². The van der Waals surface area contributed by atoms with Crippen molar-refractivity contribution < 1.29 is 4.79 Å². The fourth-order valence-electron chi connectivity index (χ4n) is 2.61. The fraction of sp³-hybridized carbons (Fsp3) is 0.222. The first-order valence-electron chi connectivity index (χ1n) is 8.00. The van der Waals surface area contributed by atoms with Gasteiger partial charge in [0.25, 0.3) is 0 Å². The summed E-state index contributed by atoms with van der Waals surface area (Å²) in [6, 6.07) is 10.1. The van der Waals surface area contributed by atoms with Crippen LogP contribution in [-0.2, 0) is 11.3 Å². The molecule has 6 nitrogen and oxygen atoms in total. The molecule has 1 atom stereocenters. The number of nitrogens with zero attached hydrogens (tertiary/aromatic N) is 1. The molecule has 2 aromatic carbocycles.